The number of nitrogen functional groups attached to an aromatic ring is 1. The van der Waals surface area contributed by atoms with Crippen LogP contribution in [0.15, 0.2) is 5.38 Å². The minimum absolute atomic E-state index is 0.231. The van der Waals surface area contributed by atoms with Gasteiger partial charge < -0.3 is 11.1 Å². The quantitative estimate of drug-likeness (QED) is 0.755. The summed E-state index contributed by atoms with van der Waals surface area (Å²) in [6, 6.07) is -0.231. The number of hydrogen-bond donors (Lipinski definition) is 2. The molecule has 0 saturated carbocycles. The first kappa shape index (κ1) is 11.5. The molecule has 3 N–H and O–H groups in total. The van der Waals surface area contributed by atoms with Gasteiger partial charge in [0.15, 0.2) is 5.13 Å². The summed E-state index contributed by atoms with van der Waals surface area (Å²) in [5.41, 5.74) is 5.75. The zero-order chi connectivity index (χ0) is 11.3. The molecule has 15 heavy (non-hydrogen) atoms. The number of terminal acetylenes is 1. The summed E-state index contributed by atoms with van der Waals surface area (Å²) >= 11 is 1.23. The Morgan fingerprint density at radius 1 is 1.87 bits per heavy atom. The first-order valence-corrected chi connectivity index (χ1v) is 5.53. The minimum Gasteiger partial charge on any atom is -0.375 e. The molecule has 0 spiro atoms. The largest absolute Gasteiger partial charge is 0.375 e. The second kappa shape index (κ2) is 5.37. The molecule has 4 nitrogen and oxygen atoms in total. The highest BCUT2D eigenvalue weighted by Crippen LogP contribution is 2.11. The van der Waals surface area contributed by atoms with Crippen LogP contribution < -0.4 is 11.1 Å². The third-order valence-corrected chi connectivity index (χ3v) is 2.51. The van der Waals surface area contributed by atoms with Crippen molar-refractivity contribution in [3.05, 3.63) is 11.1 Å². The summed E-state index contributed by atoms with van der Waals surface area (Å²) in [6.07, 6.45) is 6.97. The minimum atomic E-state index is -0.264. The van der Waals surface area contributed by atoms with Gasteiger partial charge in [0.2, 0.25) is 0 Å². The lowest BCUT2D eigenvalue weighted by molar-refractivity contribution is 0.0940. The van der Waals surface area contributed by atoms with Gasteiger partial charge in [-0.1, -0.05) is 19.3 Å². The highest BCUT2D eigenvalue weighted by Gasteiger charge is 2.13. The topological polar surface area (TPSA) is 68.0 Å². The van der Waals surface area contributed by atoms with Gasteiger partial charge in [0.25, 0.3) is 5.91 Å². The standard InChI is InChI=1S/C10H13N3OS/c1-3-5-7(4-2)12-9(14)8-6-15-10(11)13-8/h2,6-7H,3,5H2,1H3,(H2,11,13)(H,12,14). The van der Waals surface area contributed by atoms with Gasteiger partial charge >= 0.3 is 0 Å². The van der Waals surface area contributed by atoms with Crippen molar-refractivity contribution < 1.29 is 4.79 Å². The van der Waals surface area contributed by atoms with E-state index in [1.165, 1.54) is 11.3 Å². The number of thiazole rings is 1. The third-order valence-electron chi connectivity index (χ3n) is 1.84. The molecule has 0 aliphatic heterocycles. The molecule has 0 aliphatic carbocycles. The molecule has 1 aromatic rings. The number of carbonyl (C=O) groups excluding carboxylic acids is 1. The van der Waals surface area contributed by atoms with E-state index in [0.29, 0.717) is 10.8 Å². The Morgan fingerprint density at radius 3 is 3.07 bits per heavy atom. The van der Waals surface area contributed by atoms with Gasteiger partial charge in [0.1, 0.15) is 5.69 Å². The number of amides is 1. The van der Waals surface area contributed by atoms with Crippen molar-refractivity contribution in [1.29, 1.82) is 0 Å². The van der Waals surface area contributed by atoms with Crippen molar-refractivity contribution in [2.45, 2.75) is 25.8 Å². The Hall–Kier alpha value is -1.54. The summed E-state index contributed by atoms with van der Waals surface area (Å²) < 4.78 is 0. The molecule has 0 bridgehead atoms. The molecule has 1 aromatic heterocycles. The fraction of sp³-hybridized carbons (Fsp3) is 0.400. The number of aromatic nitrogens is 1. The van der Waals surface area contributed by atoms with E-state index >= 15 is 0 Å². The maximum Gasteiger partial charge on any atom is 0.271 e. The molecule has 80 valence electrons. The van der Waals surface area contributed by atoms with Gasteiger partial charge in [-0.15, -0.1) is 17.8 Å². The monoisotopic (exact) mass is 223 g/mol. The Balaban J connectivity index is 2.59. The summed E-state index contributed by atoms with van der Waals surface area (Å²) in [4.78, 5) is 15.5. The van der Waals surface area contributed by atoms with Crippen molar-refractivity contribution in [3.8, 4) is 12.3 Å². The maximum atomic E-state index is 11.6. The normalized spacial score (nSPS) is 11.7. The molecule has 1 heterocycles. The number of rotatable bonds is 4. The molecular formula is C10H13N3OS. The van der Waals surface area contributed by atoms with E-state index in [2.05, 4.69) is 16.2 Å². The van der Waals surface area contributed by atoms with Crippen molar-refractivity contribution >= 4 is 22.4 Å². The van der Waals surface area contributed by atoms with E-state index in [1.54, 1.807) is 5.38 Å². The number of hydrogen-bond acceptors (Lipinski definition) is 4. The van der Waals surface area contributed by atoms with Crippen molar-refractivity contribution in [2.24, 2.45) is 0 Å². The van der Waals surface area contributed by atoms with Gasteiger partial charge in [-0.25, -0.2) is 4.98 Å². The molecule has 1 unspecified atom stereocenters. The van der Waals surface area contributed by atoms with Crippen LogP contribution in [0.3, 0.4) is 0 Å². The SMILES string of the molecule is C#CC(CCC)NC(=O)c1csc(N)n1. The van der Waals surface area contributed by atoms with Crippen LogP contribution in [0.4, 0.5) is 5.13 Å². The fourth-order valence-electron chi connectivity index (χ4n) is 1.11. The van der Waals surface area contributed by atoms with E-state index in [9.17, 15) is 4.79 Å². The number of nitrogens with zero attached hydrogens (tertiary/aromatic N) is 1. The van der Waals surface area contributed by atoms with Crippen LogP contribution in [0.1, 0.15) is 30.3 Å². The Labute approximate surface area is 92.9 Å². The zero-order valence-electron chi connectivity index (χ0n) is 8.49. The lowest BCUT2D eigenvalue weighted by Gasteiger charge is -2.10. The predicted molar refractivity (Wildman–Crippen MR) is 61.5 cm³/mol. The van der Waals surface area contributed by atoms with E-state index in [0.717, 1.165) is 12.8 Å². The highest BCUT2D eigenvalue weighted by atomic mass is 32.1. The zero-order valence-corrected chi connectivity index (χ0v) is 9.30. The van der Waals surface area contributed by atoms with E-state index in [1.807, 2.05) is 6.92 Å². The third kappa shape index (κ3) is 3.26. The smallest absolute Gasteiger partial charge is 0.271 e. The molecule has 1 amide bonds. The number of carbonyl (C=O) groups is 1. The summed E-state index contributed by atoms with van der Waals surface area (Å²) in [5, 5.41) is 4.71. The average Bonchev–Trinajstić information content (AvgIpc) is 2.64. The second-order valence-corrected chi connectivity index (χ2v) is 3.94. The molecular weight excluding hydrogens is 210 g/mol. The molecule has 0 radical (unpaired) electrons. The Kier molecular flexibility index (Phi) is 4.13. The Bertz CT molecular complexity index is 380. The van der Waals surface area contributed by atoms with Crippen LogP contribution in [0.2, 0.25) is 0 Å². The van der Waals surface area contributed by atoms with E-state index < -0.39 is 0 Å². The molecule has 0 saturated heterocycles. The molecule has 0 aromatic carbocycles. The van der Waals surface area contributed by atoms with Crippen LogP contribution >= 0.6 is 11.3 Å². The van der Waals surface area contributed by atoms with Gasteiger partial charge in [-0.3, -0.25) is 4.79 Å². The molecule has 1 atom stereocenters. The van der Waals surface area contributed by atoms with Crippen molar-refractivity contribution in [3.63, 3.8) is 0 Å². The van der Waals surface area contributed by atoms with Crippen LogP contribution in [-0.2, 0) is 0 Å². The van der Waals surface area contributed by atoms with Gasteiger partial charge in [-0.05, 0) is 6.42 Å². The second-order valence-electron chi connectivity index (χ2n) is 3.05. The average molecular weight is 223 g/mol. The van der Waals surface area contributed by atoms with Crippen LogP contribution in [0, 0.1) is 12.3 Å². The van der Waals surface area contributed by atoms with Gasteiger partial charge in [-0.2, -0.15) is 0 Å². The Morgan fingerprint density at radius 2 is 2.60 bits per heavy atom. The summed E-state index contributed by atoms with van der Waals surface area (Å²) in [5.74, 6) is 2.26. The first-order chi connectivity index (χ1) is 7.17. The predicted octanol–water partition coefficient (Wildman–Crippen LogP) is 1.26. The van der Waals surface area contributed by atoms with Crippen LogP contribution in [0.5, 0.6) is 0 Å². The molecule has 5 heteroatoms. The number of nitrogens with one attached hydrogen (secondary N) is 1. The van der Waals surface area contributed by atoms with E-state index in [-0.39, 0.29) is 11.9 Å². The first-order valence-electron chi connectivity index (χ1n) is 4.65. The number of anilines is 1. The summed E-state index contributed by atoms with van der Waals surface area (Å²) in [6.45, 7) is 2.01. The number of nitrogens with two attached hydrogens (primary N) is 1. The molecule has 1 rings (SSSR count). The maximum absolute atomic E-state index is 11.6. The summed E-state index contributed by atoms with van der Waals surface area (Å²) in [7, 11) is 0. The van der Waals surface area contributed by atoms with E-state index in [4.69, 9.17) is 12.2 Å². The van der Waals surface area contributed by atoms with Crippen LogP contribution in [0.25, 0.3) is 0 Å². The highest BCUT2D eigenvalue weighted by molar-refractivity contribution is 7.13. The lowest BCUT2D eigenvalue weighted by Crippen LogP contribution is -2.33. The molecule has 0 aliphatic rings. The fourth-order valence-corrected chi connectivity index (χ4v) is 1.65. The lowest BCUT2D eigenvalue weighted by atomic mass is 10.2. The van der Waals surface area contributed by atoms with Gasteiger partial charge in [0, 0.05) is 5.38 Å². The van der Waals surface area contributed by atoms with Gasteiger partial charge in [0.05, 0.1) is 6.04 Å². The van der Waals surface area contributed by atoms with Crippen LogP contribution in [-0.4, -0.2) is 16.9 Å². The van der Waals surface area contributed by atoms with Crippen molar-refractivity contribution in [1.82, 2.24) is 10.3 Å². The van der Waals surface area contributed by atoms with Crippen molar-refractivity contribution in [2.75, 3.05) is 5.73 Å². The molecule has 0 fully saturated rings.